The molecule has 0 amide bonds. The van der Waals surface area contributed by atoms with E-state index in [0.29, 0.717) is 5.56 Å². The largest absolute Gasteiger partial charge is 0.465 e. The zero-order chi connectivity index (χ0) is 13.2. The van der Waals surface area contributed by atoms with Crippen LogP contribution in [0.3, 0.4) is 0 Å². The lowest BCUT2D eigenvalue weighted by molar-refractivity contribution is -0.161. The second-order valence-corrected chi connectivity index (χ2v) is 4.39. The Balaban J connectivity index is 2.29. The lowest BCUT2D eigenvalue weighted by Crippen LogP contribution is -2.51. The highest BCUT2D eigenvalue weighted by atomic mass is 16.5. The normalized spacial score (nSPS) is 16.8. The minimum atomic E-state index is -1.28. The molecule has 0 N–H and O–H groups in total. The summed E-state index contributed by atoms with van der Waals surface area (Å²) in [6, 6.07) is 8.54. The second-order valence-electron chi connectivity index (χ2n) is 4.39. The molecule has 0 aliphatic heterocycles. The number of benzene rings is 1. The van der Waals surface area contributed by atoms with Crippen LogP contribution in [0.15, 0.2) is 30.3 Å². The van der Waals surface area contributed by atoms with Gasteiger partial charge in [0.25, 0.3) is 0 Å². The molecular formula is C14H14O4. The Morgan fingerprint density at radius 1 is 1.22 bits per heavy atom. The van der Waals surface area contributed by atoms with Crippen LogP contribution in [0.25, 0.3) is 0 Å². The summed E-state index contributed by atoms with van der Waals surface area (Å²) in [5.41, 5.74) is -0.841. The summed E-state index contributed by atoms with van der Waals surface area (Å²) in [5, 5.41) is 0. The number of esters is 1. The standard InChI is InChI=1S/C14H14O4/c1-2-18-13(17)14(8-11(15)9-14)12(16)10-6-4-3-5-7-10/h3-7H,2,8-9H2,1H3. The van der Waals surface area contributed by atoms with Gasteiger partial charge in [-0.25, -0.2) is 0 Å². The molecule has 4 nitrogen and oxygen atoms in total. The Hall–Kier alpha value is -1.97. The van der Waals surface area contributed by atoms with Crippen LogP contribution < -0.4 is 0 Å². The molecule has 2 rings (SSSR count). The maximum atomic E-state index is 12.4. The third-order valence-corrected chi connectivity index (χ3v) is 3.13. The molecule has 0 unspecified atom stereocenters. The third-order valence-electron chi connectivity index (χ3n) is 3.13. The van der Waals surface area contributed by atoms with Crippen molar-refractivity contribution in [2.75, 3.05) is 6.61 Å². The second kappa shape index (κ2) is 4.72. The number of Topliss-reactive ketones (excluding diaryl/α,β-unsaturated/α-hetero) is 2. The van der Waals surface area contributed by atoms with Gasteiger partial charge >= 0.3 is 5.97 Å². The van der Waals surface area contributed by atoms with Gasteiger partial charge in [0.15, 0.2) is 5.78 Å². The van der Waals surface area contributed by atoms with E-state index in [4.69, 9.17) is 4.74 Å². The molecule has 1 aliphatic carbocycles. The van der Waals surface area contributed by atoms with Crippen molar-refractivity contribution >= 4 is 17.5 Å². The van der Waals surface area contributed by atoms with Crippen LogP contribution in [0.4, 0.5) is 0 Å². The molecule has 1 saturated carbocycles. The van der Waals surface area contributed by atoms with Gasteiger partial charge < -0.3 is 4.74 Å². The molecule has 0 heterocycles. The smallest absolute Gasteiger partial charge is 0.320 e. The Kier molecular flexibility index (Phi) is 3.28. The molecule has 1 aromatic rings. The van der Waals surface area contributed by atoms with E-state index in [9.17, 15) is 14.4 Å². The van der Waals surface area contributed by atoms with Crippen molar-refractivity contribution in [3.8, 4) is 0 Å². The molecular weight excluding hydrogens is 232 g/mol. The van der Waals surface area contributed by atoms with Crippen LogP contribution in [0.5, 0.6) is 0 Å². The number of carbonyl (C=O) groups is 3. The first kappa shape index (κ1) is 12.5. The van der Waals surface area contributed by atoms with Gasteiger partial charge in [-0.05, 0) is 6.92 Å². The fourth-order valence-corrected chi connectivity index (χ4v) is 2.15. The number of carbonyl (C=O) groups excluding carboxylic acids is 3. The van der Waals surface area contributed by atoms with E-state index in [1.54, 1.807) is 37.3 Å². The van der Waals surface area contributed by atoms with Crippen molar-refractivity contribution in [3.05, 3.63) is 35.9 Å². The molecule has 94 valence electrons. The maximum absolute atomic E-state index is 12.4. The summed E-state index contributed by atoms with van der Waals surface area (Å²) in [4.78, 5) is 35.5. The number of hydrogen-bond acceptors (Lipinski definition) is 4. The Labute approximate surface area is 105 Å². The van der Waals surface area contributed by atoms with Gasteiger partial charge in [0, 0.05) is 18.4 Å². The van der Waals surface area contributed by atoms with Crippen LogP contribution >= 0.6 is 0 Å². The summed E-state index contributed by atoms with van der Waals surface area (Å²) >= 11 is 0. The zero-order valence-electron chi connectivity index (χ0n) is 10.1. The van der Waals surface area contributed by atoms with Crippen molar-refractivity contribution in [2.45, 2.75) is 19.8 Å². The van der Waals surface area contributed by atoms with Crippen LogP contribution in [-0.4, -0.2) is 24.1 Å². The van der Waals surface area contributed by atoms with E-state index in [1.165, 1.54) is 0 Å². The molecule has 0 aromatic heterocycles. The van der Waals surface area contributed by atoms with Gasteiger partial charge in [-0.1, -0.05) is 30.3 Å². The minimum Gasteiger partial charge on any atom is -0.465 e. The fraction of sp³-hybridized carbons (Fsp3) is 0.357. The van der Waals surface area contributed by atoms with Crippen molar-refractivity contribution in [1.82, 2.24) is 0 Å². The average Bonchev–Trinajstić information content (AvgIpc) is 2.35. The van der Waals surface area contributed by atoms with E-state index in [-0.39, 0.29) is 31.0 Å². The first-order valence-electron chi connectivity index (χ1n) is 5.89. The molecule has 0 bridgehead atoms. The SMILES string of the molecule is CCOC(=O)C1(C(=O)c2ccccc2)CC(=O)C1. The predicted molar refractivity (Wildman–Crippen MR) is 64.1 cm³/mol. The molecule has 0 saturated heterocycles. The number of ether oxygens (including phenoxy) is 1. The summed E-state index contributed by atoms with van der Waals surface area (Å²) in [7, 11) is 0. The number of ketones is 2. The molecule has 18 heavy (non-hydrogen) atoms. The molecule has 0 atom stereocenters. The van der Waals surface area contributed by atoms with Crippen LogP contribution in [-0.2, 0) is 14.3 Å². The van der Waals surface area contributed by atoms with Crippen molar-refractivity contribution in [3.63, 3.8) is 0 Å². The van der Waals surface area contributed by atoms with Crippen molar-refractivity contribution in [2.24, 2.45) is 5.41 Å². The lowest BCUT2D eigenvalue weighted by Gasteiger charge is -2.36. The minimum absolute atomic E-state index is 0.0421. The highest BCUT2D eigenvalue weighted by Gasteiger charge is 2.56. The fourth-order valence-electron chi connectivity index (χ4n) is 2.15. The Bertz CT molecular complexity index is 482. The summed E-state index contributed by atoms with van der Waals surface area (Å²) in [5.74, 6) is -0.980. The topological polar surface area (TPSA) is 60.4 Å². The zero-order valence-corrected chi connectivity index (χ0v) is 10.1. The molecule has 0 spiro atoms. The third kappa shape index (κ3) is 1.94. The van der Waals surface area contributed by atoms with E-state index in [0.717, 1.165) is 0 Å². The van der Waals surface area contributed by atoms with Crippen molar-refractivity contribution in [1.29, 1.82) is 0 Å². The molecule has 1 aliphatic rings. The van der Waals surface area contributed by atoms with E-state index < -0.39 is 11.4 Å². The van der Waals surface area contributed by atoms with Gasteiger partial charge in [0.2, 0.25) is 0 Å². The summed E-state index contributed by atoms with van der Waals surface area (Å²) < 4.78 is 4.93. The van der Waals surface area contributed by atoms with Crippen LogP contribution in [0.1, 0.15) is 30.1 Å². The number of rotatable bonds is 4. The van der Waals surface area contributed by atoms with Crippen LogP contribution in [0, 0.1) is 5.41 Å². The number of hydrogen-bond donors (Lipinski definition) is 0. The first-order valence-corrected chi connectivity index (χ1v) is 5.89. The Morgan fingerprint density at radius 3 is 2.33 bits per heavy atom. The summed E-state index contributed by atoms with van der Waals surface area (Å²) in [6.07, 6.45) is -0.0842. The maximum Gasteiger partial charge on any atom is 0.320 e. The Morgan fingerprint density at radius 2 is 1.83 bits per heavy atom. The van der Waals surface area contributed by atoms with E-state index >= 15 is 0 Å². The summed E-state index contributed by atoms with van der Waals surface area (Å²) in [6.45, 7) is 1.88. The lowest BCUT2D eigenvalue weighted by atomic mass is 9.63. The van der Waals surface area contributed by atoms with Crippen molar-refractivity contribution < 1.29 is 19.1 Å². The molecule has 4 heteroatoms. The quantitative estimate of drug-likeness (QED) is 0.461. The predicted octanol–water partition coefficient (Wildman–Crippen LogP) is 1.78. The molecule has 0 radical (unpaired) electrons. The van der Waals surface area contributed by atoms with Gasteiger partial charge in [0.1, 0.15) is 11.2 Å². The molecule has 1 fully saturated rings. The van der Waals surface area contributed by atoms with Gasteiger partial charge in [0.05, 0.1) is 6.61 Å². The van der Waals surface area contributed by atoms with E-state index in [1.807, 2.05) is 0 Å². The van der Waals surface area contributed by atoms with E-state index in [2.05, 4.69) is 0 Å². The average molecular weight is 246 g/mol. The highest BCUT2D eigenvalue weighted by Crippen LogP contribution is 2.42. The van der Waals surface area contributed by atoms with Crippen LogP contribution in [0.2, 0.25) is 0 Å². The highest BCUT2D eigenvalue weighted by molar-refractivity contribution is 6.20. The van der Waals surface area contributed by atoms with Gasteiger partial charge in [-0.2, -0.15) is 0 Å². The van der Waals surface area contributed by atoms with Gasteiger partial charge in [-0.3, -0.25) is 14.4 Å². The monoisotopic (exact) mass is 246 g/mol. The van der Waals surface area contributed by atoms with Gasteiger partial charge in [-0.15, -0.1) is 0 Å². The molecule has 1 aromatic carbocycles. The first-order chi connectivity index (χ1) is 8.60.